The SMILES string of the molecule is CCOc1ccc(-c2n[nH]c3c2[C@@H](c2ccc(OC)cc2OC)N(c2ccc(Br)cc2)C3=O)cc1. The zero-order valence-electron chi connectivity index (χ0n) is 19.5. The van der Waals surface area contributed by atoms with Gasteiger partial charge in [0.1, 0.15) is 22.9 Å². The van der Waals surface area contributed by atoms with E-state index in [1.807, 2.05) is 73.7 Å². The number of fused-ring (bicyclic) bond motifs is 1. The minimum atomic E-state index is -0.458. The minimum Gasteiger partial charge on any atom is -0.497 e. The highest BCUT2D eigenvalue weighted by Gasteiger charge is 2.44. The Morgan fingerprint density at radius 3 is 2.34 bits per heavy atom. The lowest BCUT2D eigenvalue weighted by Gasteiger charge is -2.28. The molecule has 7 nitrogen and oxygen atoms in total. The van der Waals surface area contributed by atoms with Crippen LogP contribution in [0.15, 0.2) is 71.2 Å². The molecule has 8 heteroatoms. The summed E-state index contributed by atoms with van der Waals surface area (Å²) < 4.78 is 17.7. The highest BCUT2D eigenvalue weighted by atomic mass is 79.9. The normalized spacial score (nSPS) is 14.7. The number of aromatic amines is 1. The molecule has 0 fully saturated rings. The van der Waals surface area contributed by atoms with Gasteiger partial charge in [0.25, 0.3) is 5.91 Å². The summed E-state index contributed by atoms with van der Waals surface area (Å²) in [7, 11) is 3.22. The van der Waals surface area contributed by atoms with E-state index in [0.29, 0.717) is 29.5 Å². The molecule has 1 aliphatic heterocycles. The number of carbonyl (C=O) groups excluding carboxylic acids is 1. The monoisotopic (exact) mass is 533 g/mol. The molecule has 1 aliphatic rings. The van der Waals surface area contributed by atoms with Crippen LogP contribution >= 0.6 is 15.9 Å². The zero-order chi connectivity index (χ0) is 24.5. The van der Waals surface area contributed by atoms with Gasteiger partial charge in [-0.25, -0.2) is 0 Å². The predicted octanol–water partition coefficient (Wildman–Crippen LogP) is 6.00. The molecular formula is C27H24BrN3O4. The fourth-order valence-corrected chi connectivity index (χ4v) is 4.71. The van der Waals surface area contributed by atoms with Gasteiger partial charge in [0, 0.05) is 32.9 Å². The van der Waals surface area contributed by atoms with Gasteiger partial charge in [-0.15, -0.1) is 0 Å². The Balaban J connectivity index is 1.70. The smallest absolute Gasteiger partial charge is 0.277 e. The third kappa shape index (κ3) is 4.04. The number of nitrogens with zero attached hydrogens (tertiary/aromatic N) is 2. The quantitative estimate of drug-likeness (QED) is 0.315. The fraction of sp³-hybridized carbons (Fsp3) is 0.185. The summed E-state index contributed by atoms with van der Waals surface area (Å²) >= 11 is 3.48. The van der Waals surface area contributed by atoms with Crippen LogP contribution in [0.5, 0.6) is 17.2 Å². The summed E-state index contributed by atoms with van der Waals surface area (Å²) in [5.74, 6) is 1.92. The van der Waals surface area contributed by atoms with Crippen molar-refractivity contribution in [1.29, 1.82) is 0 Å². The Labute approximate surface area is 211 Å². The summed E-state index contributed by atoms with van der Waals surface area (Å²) in [6.07, 6.45) is 0. The van der Waals surface area contributed by atoms with E-state index in [9.17, 15) is 4.79 Å². The van der Waals surface area contributed by atoms with Crippen molar-refractivity contribution in [3.8, 4) is 28.5 Å². The maximum atomic E-state index is 13.7. The van der Waals surface area contributed by atoms with Gasteiger partial charge in [0.2, 0.25) is 0 Å². The van der Waals surface area contributed by atoms with E-state index in [1.165, 1.54) is 0 Å². The van der Waals surface area contributed by atoms with Crippen LogP contribution in [0, 0.1) is 0 Å². The standard InChI is InChI=1S/C27H24BrN3O4/c1-4-35-19-11-5-16(6-12-19)24-23-25(30-29-24)27(32)31(18-9-7-17(28)8-10-18)26(23)21-14-13-20(33-2)15-22(21)34-3/h5-15,26H,4H2,1-3H3,(H,29,30)/t26-/m1/s1. The Morgan fingerprint density at radius 1 is 0.971 bits per heavy atom. The lowest BCUT2D eigenvalue weighted by atomic mass is 9.95. The van der Waals surface area contributed by atoms with Gasteiger partial charge in [-0.05, 0) is 67.6 Å². The molecule has 0 unspecified atom stereocenters. The largest absolute Gasteiger partial charge is 0.497 e. The molecule has 1 atom stereocenters. The molecule has 0 aliphatic carbocycles. The maximum absolute atomic E-state index is 13.7. The predicted molar refractivity (Wildman–Crippen MR) is 138 cm³/mol. The Bertz CT molecular complexity index is 1370. The zero-order valence-corrected chi connectivity index (χ0v) is 21.1. The number of ether oxygens (including phenoxy) is 3. The number of benzene rings is 3. The van der Waals surface area contributed by atoms with E-state index in [-0.39, 0.29) is 5.91 Å². The molecule has 2 heterocycles. The van der Waals surface area contributed by atoms with Crippen LogP contribution in [0.3, 0.4) is 0 Å². The second-order valence-electron chi connectivity index (χ2n) is 7.98. The van der Waals surface area contributed by atoms with Crippen molar-refractivity contribution >= 4 is 27.5 Å². The molecule has 3 aromatic carbocycles. The first-order chi connectivity index (χ1) is 17.0. The van der Waals surface area contributed by atoms with Crippen molar-refractivity contribution in [2.45, 2.75) is 13.0 Å². The van der Waals surface area contributed by atoms with E-state index in [0.717, 1.165) is 32.6 Å². The molecule has 0 spiro atoms. The molecule has 0 radical (unpaired) electrons. The van der Waals surface area contributed by atoms with Crippen molar-refractivity contribution in [3.05, 3.63) is 88.0 Å². The van der Waals surface area contributed by atoms with Gasteiger partial charge in [-0.1, -0.05) is 15.9 Å². The first kappa shape index (κ1) is 23.0. The van der Waals surface area contributed by atoms with Gasteiger partial charge < -0.3 is 14.2 Å². The van der Waals surface area contributed by atoms with E-state index < -0.39 is 6.04 Å². The summed E-state index contributed by atoms with van der Waals surface area (Å²) in [4.78, 5) is 15.5. The number of hydrogen-bond donors (Lipinski definition) is 1. The number of amides is 1. The van der Waals surface area contributed by atoms with Crippen molar-refractivity contribution in [2.24, 2.45) is 0 Å². The molecule has 1 aromatic heterocycles. The summed E-state index contributed by atoms with van der Waals surface area (Å²) in [5, 5.41) is 7.55. The van der Waals surface area contributed by atoms with Gasteiger partial charge in [-0.3, -0.25) is 14.8 Å². The van der Waals surface area contributed by atoms with E-state index in [4.69, 9.17) is 14.2 Å². The van der Waals surface area contributed by atoms with Gasteiger partial charge in [0.05, 0.1) is 32.6 Å². The number of hydrogen-bond acceptors (Lipinski definition) is 5. The number of methoxy groups -OCH3 is 2. The number of nitrogens with one attached hydrogen (secondary N) is 1. The van der Waals surface area contributed by atoms with Crippen LogP contribution < -0.4 is 19.1 Å². The van der Waals surface area contributed by atoms with Crippen LogP contribution in [0.25, 0.3) is 11.3 Å². The first-order valence-corrected chi connectivity index (χ1v) is 12.0. The van der Waals surface area contributed by atoms with Crippen LogP contribution in [-0.2, 0) is 0 Å². The molecule has 1 amide bonds. The maximum Gasteiger partial charge on any atom is 0.277 e. The average Bonchev–Trinajstić information content (AvgIpc) is 3.44. The number of H-pyrrole nitrogens is 1. The third-order valence-electron chi connectivity index (χ3n) is 6.05. The number of aromatic nitrogens is 2. The van der Waals surface area contributed by atoms with E-state index in [1.54, 1.807) is 19.1 Å². The molecule has 1 N–H and O–H groups in total. The summed E-state index contributed by atoms with van der Waals surface area (Å²) in [5.41, 5.74) is 4.44. The molecule has 4 aromatic rings. The topological polar surface area (TPSA) is 76.7 Å². The van der Waals surface area contributed by atoms with Crippen LogP contribution in [-0.4, -0.2) is 36.9 Å². The van der Waals surface area contributed by atoms with Gasteiger partial charge in [0.15, 0.2) is 0 Å². The van der Waals surface area contributed by atoms with Crippen LogP contribution in [0.4, 0.5) is 5.69 Å². The van der Waals surface area contributed by atoms with Crippen molar-refractivity contribution in [2.75, 3.05) is 25.7 Å². The van der Waals surface area contributed by atoms with E-state index in [2.05, 4.69) is 26.1 Å². The number of anilines is 1. The highest BCUT2D eigenvalue weighted by Crippen LogP contribution is 2.48. The molecule has 0 bridgehead atoms. The minimum absolute atomic E-state index is 0.158. The van der Waals surface area contributed by atoms with Gasteiger partial charge in [-0.2, -0.15) is 5.10 Å². The molecule has 35 heavy (non-hydrogen) atoms. The van der Waals surface area contributed by atoms with E-state index >= 15 is 0 Å². The van der Waals surface area contributed by atoms with Crippen molar-refractivity contribution < 1.29 is 19.0 Å². The number of halogens is 1. The molecule has 178 valence electrons. The average molecular weight is 534 g/mol. The molecule has 0 saturated heterocycles. The molecule has 0 saturated carbocycles. The Morgan fingerprint density at radius 2 is 1.69 bits per heavy atom. The summed E-state index contributed by atoms with van der Waals surface area (Å²) in [6, 6.07) is 20.6. The van der Waals surface area contributed by atoms with Crippen LogP contribution in [0.1, 0.15) is 34.6 Å². The number of carbonyl (C=O) groups is 1. The Kier molecular flexibility index (Phi) is 6.21. The number of rotatable bonds is 7. The van der Waals surface area contributed by atoms with Gasteiger partial charge >= 0.3 is 0 Å². The fourth-order valence-electron chi connectivity index (χ4n) is 4.45. The molecular weight excluding hydrogens is 510 g/mol. The Hall–Kier alpha value is -3.78. The van der Waals surface area contributed by atoms with Crippen molar-refractivity contribution in [3.63, 3.8) is 0 Å². The molecule has 5 rings (SSSR count). The lowest BCUT2D eigenvalue weighted by Crippen LogP contribution is -2.29. The summed E-state index contributed by atoms with van der Waals surface area (Å²) in [6.45, 7) is 2.54. The highest BCUT2D eigenvalue weighted by molar-refractivity contribution is 9.10. The third-order valence-corrected chi connectivity index (χ3v) is 6.58. The van der Waals surface area contributed by atoms with Crippen LogP contribution in [0.2, 0.25) is 0 Å². The first-order valence-electron chi connectivity index (χ1n) is 11.2. The second kappa shape index (κ2) is 9.46. The second-order valence-corrected chi connectivity index (χ2v) is 8.90. The van der Waals surface area contributed by atoms with Crippen molar-refractivity contribution in [1.82, 2.24) is 10.2 Å². The lowest BCUT2D eigenvalue weighted by molar-refractivity contribution is 0.0988.